The molecule has 4 nitrogen and oxygen atoms in total. The van der Waals surface area contributed by atoms with E-state index in [1.165, 1.54) is 18.9 Å². The molecule has 1 saturated carbocycles. The average molecular weight is 274 g/mol. The predicted molar refractivity (Wildman–Crippen MR) is 81.1 cm³/mol. The number of nitrogens with two attached hydrogens (primary N) is 1. The molecule has 2 rings (SSSR count). The summed E-state index contributed by atoms with van der Waals surface area (Å²) in [6.45, 7) is 1.14. The first kappa shape index (κ1) is 14.6. The van der Waals surface area contributed by atoms with Crippen LogP contribution in [0.25, 0.3) is 6.08 Å². The van der Waals surface area contributed by atoms with Crippen molar-refractivity contribution in [3.05, 3.63) is 35.9 Å². The van der Waals surface area contributed by atoms with Gasteiger partial charge in [-0.15, -0.1) is 0 Å². The Bertz CT molecular complexity index is 465. The number of hydrogen-bond acceptors (Lipinski definition) is 3. The Kier molecular flexibility index (Phi) is 5.62. The van der Waals surface area contributed by atoms with Gasteiger partial charge in [-0.05, 0) is 36.6 Å². The van der Waals surface area contributed by atoms with E-state index in [2.05, 4.69) is 5.32 Å². The number of anilines is 1. The molecule has 0 aliphatic heterocycles. The zero-order valence-corrected chi connectivity index (χ0v) is 11.7. The number of rotatable bonds is 6. The van der Waals surface area contributed by atoms with Gasteiger partial charge in [-0.25, -0.2) is 0 Å². The lowest BCUT2D eigenvalue weighted by molar-refractivity contribution is -0.116. The van der Waals surface area contributed by atoms with Crippen molar-refractivity contribution in [2.24, 2.45) is 0 Å². The van der Waals surface area contributed by atoms with Crippen LogP contribution < -0.4 is 11.1 Å². The number of carbonyl (C=O) groups is 1. The SMILES string of the molecule is Nc1cccc(/C=C/C(=O)NCCOC2CCCC2)c1. The van der Waals surface area contributed by atoms with Crippen LogP contribution in [0.4, 0.5) is 5.69 Å². The number of nitrogen functional groups attached to an aromatic ring is 1. The van der Waals surface area contributed by atoms with Gasteiger partial charge in [0, 0.05) is 18.3 Å². The van der Waals surface area contributed by atoms with Crippen LogP contribution in [0.3, 0.4) is 0 Å². The van der Waals surface area contributed by atoms with E-state index in [-0.39, 0.29) is 5.91 Å². The molecule has 1 fully saturated rings. The summed E-state index contributed by atoms with van der Waals surface area (Å²) in [4.78, 5) is 11.6. The van der Waals surface area contributed by atoms with Gasteiger partial charge < -0.3 is 15.8 Å². The van der Waals surface area contributed by atoms with Gasteiger partial charge in [0.2, 0.25) is 5.91 Å². The van der Waals surface area contributed by atoms with E-state index < -0.39 is 0 Å². The maximum atomic E-state index is 11.6. The first-order valence-corrected chi connectivity index (χ1v) is 7.17. The Morgan fingerprint density at radius 2 is 2.20 bits per heavy atom. The van der Waals surface area contributed by atoms with Gasteiger partial charge in [0.05, 0.1) is 12.7 Å². The Hall–Kier alpha value is -1.81. The fourth-order valence-corrected chi connectivity index (χ4v) is 2.35. The molecule has 0 spiro atoms. The Balaban J connectivity index is 1.64. The van der Waals surface area contributed by atoms with Crippen LogP contribution in [0, 0.1) is 0 Å². The maximum absolute atomic E-state index is 11.6. The molecule has 0 unspecified atom stereocenters. The third-order valence-corrected chi connectivity index (χ3v) is 3.39. The van der Waals surface area contributed by atoms with Gasteiger partial charge in [-0.3, -0.25) is 4.79 Å². The van der Waals surface area contributed by atoms with E-state index in [0.29, 0.717) is 24.9 Å². The van der Waals surface area contributed by atoms with E-state index in [1.54, 1.807) is 6.08 Å². The van der Waals surface area contributed by atoms with Crippen LogP contribution in [0.15, 0.2) is 30.3 Å². The molecule has 108 valence electrons. The second kappa shape index (κ2) is 7.70. The van der Waals surface area contributed by atoms with Crippen molar-refractivity contribution in [3.63, 3.8) is 0 Å². The van der Waals surface area contributed by atoms with Gasteiger partial charge in [0.1, 0.15) is 0 Å². The molecule has 1 aromatic rings. The van der Waals surface area contributed by atoms with Gasteiger partial charge in [0.15, 0.2) is 0 Å². The molecule has 1 aliphatic rings. The minimum Gasteiger partial charge on any atom is -0.399 e. The number of benzene rings is 1. The number of ether oxygens (including phenoxy) is 1. The first-order chi connectivity index (χ1) is 9.74. The summed E-state index contributed by atoms with van der Waals surface area (Å²) in [5, 5.41) is 2.81. The van der Waals surface area contributed by atoms with Crippen molar-refractivity contribution in [2.75, 3.05) is 18.9 Å². The van der Waals surface area contributed by atoms with Gasteiger partial charge in [-0.1, -0.05) is 25.0 Å². The zero-order chi connectivity index (χ0) is 14.2. The highest BCUT2D eigenvalue weighted by atomic mass is 16.5. The number of nitrogens with one attached hydrogen (secondary N) is 1. The molecule has 0 atom stereocenters. The Labute approximate surface area is 120 Å². The minimum absolute atomic E-state index is 0.109. The number of carbonyl (C=O) groups excluding carboxylic acids is 1. The molecule has 0 bridgehead atoms. The van der Waals surface area contributed by atoms with Gasteiger partial charge in [-0.2, -0.15) is 0 Å². The summed E-state index contributed by atoms with van der Waals surface area (Å²) in [7, 11) is 0. The average Bonchev–Trinajstić information content (AvgIpc) is 2.95. The number of amides is 1. The van der Waals surface area contributed by atoms with Crippen LogP contribution in [-0.2, 0) is 9.53 Å². The highest BCUT2D eigenvalue weighted by molar-refractivity contribution is 5.91. The molecule has 0 aromatic heterocycles. The standard InChI is InChI=1S/C16H22N2O2/c17-14-5-3-4-13(12-14)8-9-16(19)18-10-11-20-15-6-1-2-7-15/h3-5,8-9,12,15H,1-2,6-7,10-11,17H2,(H,18,19)/b9-8+. The smallest absolute Gasteiger partial charge is 0.244 e. The van der Waals surface area contributed by atoms with Crippen LogP contribution in [0.2, 0.25) is 0 Å². The second-order valence-corrected chi connectivity index (χ2v) is 5.07. The molecule has 0 saturated heterocycles. The molecule has 1 amide bonds. The summed E-state index contributed by atoms with van der Waals surface area (Å²) in [5.74, 6) is -0.109. The maximum Gasteiger partial charge on any atom is 0.244 e. The monoisotopic (exact) mass is 274 g/mol. The normalized spacial score (nSPS) is 15.8. The third-order valence-electron chi connectivity index (χ3n) is 3.39. The molecule has 1 aromatic carbocycles. The zero-order valence-electron chi connectivity index (χ0n) is 11.7. The highest BCUT2D eigenvalue weighted by Gasteiger charge is 2.14. The summed E-state index contributed by atoms with van der Waals surface area (Å²) in [6.07, 6.45) is 8.51. The summed E-state index contributed by atoms with van der Waals surface area (Å²) in [5.41, 5.74) is 7.28. The molecule has 1 aliphatic carbocycles. The second-order valence-electron chi connectivity index (χ2n) is 5.07. The van der Waals surface area contributed by atoms with Crippen molar-refractivity contribution < 1.29 is 9.53 Å². The summed E-state index contributed by atoms with van der Waals surface area (Å²) >= 11 is 0. The quantitative estimate of drug-likeness (QED) is 0.475. The van der Waals surface area contributed by atoms with Crippen LogP contribution in [-0.4, -0.2) is 25.2 Å². The minimum atomic E-state index is -0.109. The van der Waals surface area contributed by atoms with E-state index in [4.69, 9.17) is 10.5 Å². The lowest BCUT2D eigenvalue weighted by Crippen LogP contribution is -2.26. The largest absolute Gasteiger partial charge is 0.399 e. The molecular formula is C16H22N2O2. The summed E-state index contributed by atoms with van der Waals surface area (Å²) < 4.78 is 5.68. The van der Waals surface area contributed by atoms with Crippen LogP contribution in [0.1, 0.15) is 31.2 Å². The van der Waals surface area contributed by atoms with E-state index in [0.717, 1.165) is 18.4 Å². The Morgan fingerprint density at radius 3 is 2.95 bits per heavy atom. The number of hydrogen-bond donors (Lipinski definition) is 2. The predicted octanol–water partition coefficient (Wildman–Crippen LogP) is 2.36. The van der Waals surface area contributed by atoms with Crippen LogP contribution in [0.5, 0.6) is 0 Å². The lowest BCUT2D eigenvalue weighted by Gasteiger charge is -2.10. The van der Waals surface area contributed by atoms with Crippen molar-refractivity contribution >= 4 is 17.7 Å². The van der Waals surface area contributed by atoms with Crippen LogP contribution >= 0.6 is 0 Å². The fourth-order valence-electron chi connectivity index (χ4n) is 2.35. The van der Waals surface area contributed by atoms with Crippen molar-refractivity contribution in [3.8, 4) is 0 Å². The van der Waals surface area contributed by atoms with Crippen molar-refractivity contribution in [1.82, 2.24) is 5.32 Å². The lowest BCUT2D eigenvalue weighted by atomic mass is 10.2. The topological polar surface area (TPSA) is 64.4 Å². The molecule has 20 heavy (non-hydrogen) atoms. The van der Waals surface area contributed by atoms with Gasteiger partial charge >= 0.3 is 0 Å². The van der Waals surface area contributed by atoms with E-state index in [1.807, 2.05) is 24.3 Å². The van der Waals surface area contributed by atoms with Crippen molar-refractivity contribution in [1.29, 1.82) is 0 Å². The molecule has 3 N–H and O–H groups in total. The fraction of sp³-hybridized carbons (Fsp3) is 0.438. The highest BCUT2D eigenvalue weighted by Crippen LogP contribution is 2.20. The van der Waals surface area contributed by atoms with E-state index >= 15 is 0 Å². The molecular weight excluding hydrogens is 252 g/mol. The first-order valence-electron chi connectivity index (χ1n) is 7.17. The molecule has 4 heteroatoms. The summed E-state index contributed by atoms with van der Waals surface area (Å²) in [6, 6.07) is 7.41. The van der Waals surface area contributed by atoms with E-state index in [9.17, 15) is 4.79 Å². The third kappa shape index (κ3) is 5.05. The van der Waals surface area contributed by atoms with Gasteiger partial charge in [0.25, 0.3) is 0 Å². The molecule has 0 radical (unpaired) electrons. The Morgan fingerprint density at radius 1 is 1.40 bits per heavy atom. The molecule has 0 heterocycles. The van der Waals surface area contributed by atoms with Crippen molar-refractivity contribution in [2.45, 2.75) is 31.8 Å².